The fraction of sp³-hybridized carbons (Fsp3) is 0.235. The van der Waals surface area contributed by atoms with Gasteiger partial charge in [-0.2, -0.15) is 0 Å². The topological polar surface area (TPSA) is 20.3 Å². The van der Waals surface area contributed by atoms with Crippen molar-refractivity contribution in [3.05, 3.63) is 54.1 Å². The summed E-state index contributed by atoms with van der Waals surface area (Å²) in [5.74, 6) is 0.278. The maximum atomic E-state index is 11.7. The Labute approximate surface area is 113 Å². The average molecular weight is 251 g/mol. The number of nitrogens with zero attached hydrogens (tertiary/aromatic N) is 1. The minimum Gasteiger partial charge on any atom is -0.338 e. The van der Waals surface area contributed by atoms with E-state index in [1.165, 1.54) is 16.3 Å². The van der Waals surface area contributed by atoms with Crippen molar-refractivity contribution in [1.29, 1.82) is 0 Å². The zero-order valence-corrected chi connectivity index (χ0v) is 10.9. The van der Waals surface area contributed by atoms with Crippen molar-refractivity contribution in [3.8, 4) is 0 Å². The second kappa shape index (κ2) is 4.88. The predicted octanol–water partition coefficient (Wildman–Crippen LogP) is 3.61. The molecule has 0 bridgehead atoms. The van der Waals surface area contributed by atoms with Crippen molar-refractivity contribution in [2.75, 3.05) is 6.54 Å². The number of carbonyl (C=O) groups excluding carboxylic acids is 1. The van der Waals surface area contributed by atoms with Gasteiger partial charge in [-0.15, -0.1) is 0 Å². The first-order chi connectivity index (χ1) is 9.28. The molecule has 0 unspecified atom stereocenters. The molecule has 1 amide bonds. The van der Waals surface area contributed by atoms with Crippen LogP contribution in [0.1, 0.15) is 24.0 Å². The minimum absolute atomic E-state index is 0.278. The molecule has 1 aliphatic heterocycles. The van der Waals surface area contributed by atoms with Gasteiger partial charge < -0.3 is 4.90 Å². The quantitative estimate of drug-likeness (QED) is 0.816. The molecule has 1 aliphatic rings. The zero-order valence-electron chi connectivity index (χ0n) is 10.9. The van der Waals surface area contributed by atoms with Crippen molar-refractivity contribution >= 4 is 22.8 Å². The van der Waals surface area contributed by atoms with Crippen LogP contribution in [-0.4, -0.2) is 17.4 Å². The van der Waals surface area contributed by atoms with Gasteiger partial charge in [-0.05, 0) is 34.4 Å². The molecule has 2 aromatic carbocycles. The standard InChI is InChI=1S/C17H17NO/c1-2-14-5-3-6-15-11-13(8-9-16(14)15)12-18-10-4-7-17(18)19/h2-3,5-6,8-9,11H,1,4,7,10,12H2. The largest absolute Gasteiger partial charge is 0.338 e. The fourth-order valence-electron chi connectivity index (χ4n) is 2.73. The molecular formula is C17H17NO. The summed E-state index contributed by atoms with van der Waals surface area (Å²) in [5, 5.41) is 2.43. The van der Waals surface area contributed by atoms with Crippen LogP contribution in [0.15, 0.2) is 43.0 Å². The molecule has 1 heterocycles. The Bertz CT molecular complexity index is 645. The van der Waals surface area contributed by atoms with Gasteiger partial charge in [-0.3, -0.25) is 4.79 Å². The van der Waals surface area contributed by atoms with Crippen LogP contribution in [0.2, 0.25) is 0 Å². The van der Waals surface area contributed by atoms with Crippen molar-refractivity contribution < 1.29 is 4.79 Å². The van der Waals surface area contributed by atoms with Crippen LogP contribution in [0, 0.1) is 0 Å². The summed E-state index contributed by atoms with van der Waals surface area (Å²) >= 11 is 0. The fourth-order valence-corrected chi connectivity index (χ4v) is 2.73. The van der Waals surface area contributed by atoms with Gasteiger partial charge in [0.2, 0.25) is 5.91 Å². The minimum atomic E-state index is 0.278. The Hall–Kier alpha value is -2.09. The Kier molecular flexibility index (Phi) is 3.08. The third-order valence-corrected chi connectivity index (χ3v) is 3.74. The second-order valence-electron chi connectivity index (χ2n) is 5.03. The Morgan fingerprint density at radius 2 is 2.16 bits per heavy atom. The van der Waals surface area contributed by atoms with Gasteiger partial charge in [0.15, 0.2) is 0 Å². The normalized spacial score (nSPS) is 15.2. The number of hydrogen-bond donors (Lipinski definition) is 0. The molecule has 96 valence electrons. The number of carbonyl (C=O) groups is 1. The molecule has 0 saturated carbocycles. The summed E-state index contributed by atoms with van der Waals surface area (Å²) in [6.07, 6.45) is 3.58. The summed E-state index contributed by atoms with van der Waals surface area (Å²) in [6, 6.07) is 12.6. The van der Waals surface area contributed by atoms with E-state index in [1.807, 2.05) is 17.0 Å². The van der Waals surface area contributed by atoms with Crippen LogP contribution in [0.4, 0.5) is 0 Å². The van der Waals surface area contributed by atoms with E-state index in [-0.39, 0.29) is 5.91 Å². The van der Waals surface area contributed by atoms with Gasteiger partial charge >= 0.3 is 0 Å². The first-order valence-corrected chi connectivity index (χ1v) is 6.70. The molecule has 1 fully saturated rings. The highest BCUT2D eigenvalue weighted by atomic mass is 16.2. The Morgan fingerprint density at radius 3 is 2.89 bits per heavy atom. The highest BCUT2D eigenvalue weighted by Gasteiger charge is 2.19. The number of fused-ring (bicyclic) bond motifs is 1. The average Bonchev–Trinajstić information content (AvgIpc) is 2.83. The maximum Gasteiger partial charge on any atom is 0.222 e. The van der Waals surface area contributed by atoms with E-state index in [0.29, 0.717) is 6.42 Å². The summed E-state index contributed by atoms with van der Waals surface area (Å²) in [5.41, 5.74) is 2.35. The lowest BCUT2D eigenvalue weighted by Crippen LogP contribution is -2.23. The molecule has 1 saturated heterocycles. The van der Waals surface area contributed by atoms with Gasteiger partial charge in [0.05, 0.1) is 0 Å². The van der Waals surface area contributed by atoms with E-state index < -0.39 is 0 Å². The summed E-state index contributed by atoms with van der Waals surface area (Å²) in [4.78, 5) is 13.6. The van der Waals surface area contributed by atoms with E-state index in [1.54, 1.807) is 0 Å². The summed E-state index contributed by atoms with van der Waals surface area (Å²) in [7, 11) is 0. The molecule has 0 aromatic heterocycles. The van der Waals surface area contributed by atoms with Crippen LogP contribution in [0.3, 0.4) is 0 Å². The molecule has 3 rings (SSSR count). The molecule has 2 nitrogen and oxygen atoms in total. The van der Waals surface area contributed by atoms with E-state index >= 15 is 0 Å². The third kappa shape index (κ3) is 2.26. The van der Waals surface area contributed by atoms with Crippen LogP contribution >= 0.6 is 0 Å². The molecule has 0 atom stereocenters. The number of benzene rings is 2. The Balaban J connectivity index is 1.93. The third-order valence-electron chi connectivity index (χ3n) is 3.74. The van der Waals surface area contributed by atoms with Gasteiger partial charge in [-0.1, -0.05) is 43.0 Å². The number of likely N-dealkylation sites (tertiary alicyclic amines) is 1. The van der Waals surface area contributed by atoms with E-state index in [9.17, 15) is 4.79 Å². The van der Waals surface area contributed by atoms with Crippen LogP contribution in [0.5, 0.6) is 0 Å². The molecule has 0 aliphatic carbocycles. The lowest BCUT2D eigenvalue weighted by atomic mass is 10.0. The number of amides is 1. The molecular weight excluding hydrogens is 234 g/mol. The molecule has 2 aromatic rings. The van der Waals surface area contributed by atoms with E-state index in [4.69, 9.17) is 0 Å². The first-order valence-electron chi connectivity index (χ1n) is 6.70. The van der Waals surface area contributed by atoms with Crippen LogP contribution in [-0.2, 0) is 11.3 Å². The first kappa shape index (κ1) is 12.0. The number of hydrogen-bond acceptors (Lipinski definition) is 1. The van der Waals surface area contributed by atoms with Crippen molar-refractivity contribution in [3.63, 3.8) is 0 Å². The van der Waals surface area contributed by atoms with Crippen LogP contribution in [0.25, 0.3) is 16.8 Å². The lowest BCUT2D eigenvalue weighted by molar-refractivity contribution is -0.128. The van der Waals surface area contributed by atoms with E-state index in [0.717, 1.165) is 25.1 Å². The van der Waals surface area contributed by atoms with Crippen molar-refractivity contribution in [2.24, 2.45) is 0 Å². The highest BCUT2D eigenvalue weighted by molar-refractivity contribution is 5.90. The zero-order chi connectivity index (χ0) is 13.2. The van der Waals surface area contributed by atoms with Gasteiger partial charge in [0.25, 0.3) is 0 Å². The summed E-state index contributed by atoms with van der Waals surface area (Å²) < 4.78 is 0. The van der Waals surface area contributed by atoms with Gasteiger partial charge in [0, 0.05) is 19.5 Å². The van der Waals surface area contributed by atoms with Gasteiger partial charge in [-0.25, -0.2) is 0 Å². The summed E-state index contributed by atoms with van der Waals surface area (Å²) in [6.45, 7) is 5.47. The van der Waals surface area contributed by atoms with Crippen LogP contribution < -0.4 is 0 Å². The molecule has 19 heavy (non-hydrogen) atoms. The van der Waals surface area contributed by atoms with Crippen molar-refractivity contribution in [1.82, 2.24) is 4.90 Å². The molecule has 2 heteroatoms. The van der Waals surface area contributed by atoms with Gasteiger partial charge in [0.1, 0.15) is 0 Å². The predicted molar refractivity (Wildman–Crippen MR) is 78.7 cm³/mol. The maximum absolute atomic E-state index is 11.7. The molecule has 0 N–H and O–H groups in total. The van der Waals surface area contributed by atoms with E-state index in [2.05, 4.69) is 36.9 Å². The monoisotopic (exact) mass is 251 g/mol. The SMILES string of the molecule is C=Cc1cccc2cc(CN3CCCC3=O)ccc12. The lowest BCUT2D eigenvalue weighted by Gasteiger charge is -2.16. The van der Waals surface area contributed by atoms with Crippen molar-refractivity contribution in [2.45, 2.75) is 19.4 Å². The second-order valence-corrected chi connectivity index (χ2v) is 5.03. The Morgan fingerprint density at radius 1 is 1.26 bits per heavy atom. The molecule has 0 radical (unpaired) electrons. The smallest absolute Gasteiger partial charge is 0.222 e. The molecule has 0 spiro atoms. The number of rotatable bonds is 3. The highest BCUT2D eigenvalue weighted by Crippen LogP contribution is 2.23.